The molecule has 2 aromatic rings. The van der Waals surface area contributed by atoms with Crippen LogP contribution in [-0.2, 0) is 13.5 Å². The lowest BCUT2D eigenvalue weighted by molar-refractivity contribution is 0.434. The number of aryl methyl sites for hydroxylation is 2. The molecular weight excluding hydrogens is 236 g/mol. The number of pyridine rings is 1. The van der Waals surface area contributed by atoms with Gasteiger partial charge in [-0.15, -0.1) is 0 Å². The molecule has 0 bridgehead atoms. The van der Waals surface area contributed by atoms with Crippen LogP contribution in [0.4, 0.5) is 0 Å². The molecule has 0 saturated heterocycles. The van der Waals surface area contributed by atoms with E-state index in [1.165, 1.54) is 11.3 Å². The molecule has 1 aliphatic rings. The van der Waals surface area contributed by atoms with Crippen molar-refractivity contribution in [2.45, 2.75) is 31.7 Å². The van der Waals surface area contributed by atoms with Crippen molar-refractivity contribution < 1.29 is 0 Å². The third-order valence-electron chi connectivity index (χ3n) is 3.88. The molecule has 100 valence electrons. The van der Waals surface area contributed by atoms with Gasteiger partial charge in [0, 0.05) is 31.1 Å². The van der Waals surface area contributed by atoms with Gasteiger partial charge in [0.1, 0.15) is 0 Å². The number of nitrogens with zero attached hydrogens (tertiary/aromatic N) is 3. The van der Waals surface area contributed by atoms with Gasteiger partial charge < -0.3 is 5.32 Å². The third-order valence-corrected chi connectivity index (χ3v) is 3.88. The Labute approximate surface area is 113 Å². The highest BCUT2D eigenvalue weighted by molar-refractivity contribution is 5.31. The van der Waals surface area contributed by atoms with E-state index in [1.54, 1.807) is 0 Å². The number of likely N-dealkylation sites (N-methyl/N-ethyl adjacent to an activating group) is 1. The van der Waals surface area contributed by atoms with Gasteiger partial charge >= 0.3 is 0 Å². The van der Waals surface area contributed by atoms with Crippen LogP contribution >= 0.6 is 0 Å². The van der Waals surface area contributed by atoms with Crippen molar-refractivity contribution in [2.24, 2.45) is 7.05 Å². The van der Waals surface area contributed by atoms with Crippen LogP contribution in [0.25, 0.3) is 0 Å². The van der Waals surface area contributed by atoms with Crippen molar-refractivity contribution in [3.63, 3.8) is 0 Å². The van der Waals surface area contributed by atoms with Gasteiger partial charge in [-0.3, -0.25) is 9.67 Å². The van der Waals surface area contributed by atoms with Crippen molar-refractivity contribution in [3.05, 3.63) is 47.5 Å². The zero-order chi connectivity index (χ0) is 13.2. The Bertz CT molecular complexity index is 561. The first-order chi connectivity index (χ1) is 9.29. The summed E-state index contributed by atoms with van der Waals surface area (Å²) in [5.74, 6) is 0.436. The van der Waals surface area contributed by atoms with E-state index < -0.39 is 0 Å². The van der Waals surface area contributed by atoms with Crippen molar-refractivity contribution in [1.82, 2.24) is 20.1 Å². The molecule has 0 saturated carbocycles. The van der Waals surface area contributed by atoms with Crippen LogP contribution in [-0.4, -0.2) is 21.3 Å². The van der Waals surface area contributed by atoms with E-state index in [2.05, 4.69) is 34.5 Å². The molecule has 2 heterocycles. The second-order valence-corrected chi connectivity index (χ2v) is 5.14. The molecule has 0 amide bonds. The second-order valence-electron chi connectivity index (χ2n) is 5.14. The lowest BCUT2D eigenvalue weighted by Crippen LogP contribution is -2.27. The maximum Gasteiger partial charge on any atom is 0.0800 e. The zero-order valence-corrected chi connectivity index (χ0v) is 11.5. The van der Waals surface area contributed by atoms with Gasteiger partial charge in [-0.05, 0) is 37.1 Å². The van der Waals surface area contributed by atoms with Gasteiger partial charge in [-0.1, -0.05) is 13.0 Å². The Morgan fingerprint density at radius 3 is 3.11 bits per heavy atom. The Morgan fingerprint density at radius 2 is 2.37 bits per heavy atom. The fourth-order valence-corrected chi connectivity index (χ4v) is 3.04. The molecule has 0 radical (unpaired) electrons. The number of hydrogen-bond donors (Lipinski definition) is 1. The number of aromatic nitrogens is 3. The van der Waals surface area contributed by atoms with Gasteiger partial charge in [0.2, 0.25) is 0 Å². The summed E-state index contributed by atoms with van der Waals surface area (Å²) >= 11 is 0. The van der Waals surface area contributed by atoms with Crippen LogP contribution < -0.4 is 5.32 Å². The molecule has 0 aliphatic heterocycles. The lowest BCUT2D eigenvalue weighted by Gasteiger charge is -2.23. The average molecular weight is 256 g/mol. The minimum atomic E-state index is 0.266. The Kier molecular flexibility index (Phi) is 3.34. The second kappa shape index (κ2) is 5.13. The molecule has 1 N–H and O–H groups in total. The highest BCUT2D eigenvalue weighted by Crippen LogP contribution is 2.39. The largest absolute Gasteiger partial charge is 0.308 e. The summed E-state index contributed by atoms with van der Waals surface area (Å²) in [6, 6.07) is 6.60. The molecule has 0 spiro atoms. The van der Waals surface area contributed by atoms with Crippen LogP contribution in [0.5, 0.6) is 0 Å². The van der Waals surface area contributed by atoms with Crippen LogP contribution in [0.1, 0.15) is 42.3 Å². The monoisotopic (exact) mass is 256 g/mol. The third kappa shape index (κ3) is 2.28. The first-order valence-corrected chi connectivity index (χ1v) is 6.96. The molecule has 4 heteroatoms. The summed E-state index contributed by atoms with van der Waals surface area (Å²) in [6.07, 6.45) is 6.19. The van der Waals surface area contributed by atoms with E-state index in [4.69, 9.17) is 0 Å². The van der Waals surface area contributed by atoms with E-state index in [9.17, 15) is 0 Å². The number of nitrogens with one attached hydrogen (secondary N) is 1. The summed E-state index contributed by atoms with van der Waals surface area (Å²) in [5, 5.41) is 8.15. The fourth-order valence-electron chi connectivity index (χ4n) is 3.04. The predicted molar refractivity (Wildman–Crippen MR) is 74.9 cm³/mol. The Balaban J connectivity index is 1.94. The van der Waals surface area contributed by atoms with Crippen molar-refractivity contribution in [2.75, 3.05) is 6.54 Å². The van der Waals surface area contributed by atoms with E-state index in [-0.39, 0.29) is 6.04 Å². The maximum absolute atomic E-state index is 4.60. The molecular formula is C15H20N4. The molecule has 1 aliphatic carbocycles. The standard InChI is InChI=1S/C15H20N4/c1-3-16-15(13-8-10-19(2)18-13)12-7-6-11-5-4-9-17-14(11)12/h4-5,8-10,12,15-16H,3,6-7H2,1-2H3. The number of fused-ring (bicyclic) bond motifs is 1. The molecule has 19 heavy (non-hydrogen) atoms. The lowest BCUT2D eigenvalue weighted by atomic mass is 9.94. The molecule has 2 aromatic heterocycles. The quantitative estimate of drug-likeness (QED) is 0.912. The summed E-state index contributed by atoms with van der Waals surface area (Å²) in [4.78, 5) is 4.60. The molecule has 0 fully saturated rings. The van der Waals surface area contributed by atoms with Crippen LogP contribution in [0.15, 0.2) is 30.6 Å². The number of hydrogen-bond acceptors (Lipinski definition) is 3. The first-order valence-electron chi connectivity index (χ1n) is 6.96. The Morgan fingerprint density at radius 1 is 1.47 bits per heavy atom. The molecule has 3 rings (SSSR count). The van der Waals surface area contributed by atoms with Gasteiger partial charge in [-0.2, -0.15) is 5.10 Å². The van der Waals surface area contributed by atoms with E-state index in [1.807, 2.05) is 30.2 Å². The van der Waals surface area contributed by atoms with Crippen molar-refractivity contribution in [3.8, 4) is 0 Å². The van der Waals surface area contributed by atoms with E-state index >= 15 is 0 Å². The summed E-state index contributed by atoms with van der Waals surface area (Å²) in [5.41, 5.74) is 3.76. The Hall–Kier alpha value is -1.68. The van der Waals surface area contributed by atoms with Gasteiger partial charge in [0.05, 0.1) is 11.7 Å². The minimum Gasteiger partial charge on any atom is -0.308 e. The summed E-state index contributed by atoms with van der Waals surface area (Å²) in [7, 11) is 1.97. The highest BCUT2D eigenvalue weighted by atomic mass is 15.3. The number of rotatable bonds is 4. The van der Waals surface area contributed by atoms with E-state index in [0.717, 1.165) is 25.1 Å². The average Bonchev–Trinajstić information content (AvgIpc) is 3.03. The van der Waals surface area contributed by atoms with Crippen LogP contribution in [0, 0.1) is 0 Å². The van der Waals surface area contributed by atoms with E-state index in [0.29, 0.717) is 5.92 Å². The zero-order valence-electron chi connectivity index (χ0n) is 11.5. The molecule has 4 nitrogen and oxygen atoms in total. The normalized spacial score (nSPS) is 19.4. The first kappa shape index (κ1) is 12.4. The van der Waals surface area contributed by atoms with Crippen LogP contribution in [0.2, 0.25) is 0 Å². The molecule has 2 atom stereocenters. The van der Waals surface area contributed by atoms with Gasteiger partial charge in [0.15, 0.2) is 0 Å². The minimum absolute atomic E-state index is 0.266. The SMILES string of the molecule is CCNC(c1ccn(C)n1)C1CCc2cccnc21. The van der Waals surface area contributed by atoms with Crippen molar-refractivity contribution >= 4 is 0 Å². The predicted octanol–water partition coefficient (Wildman–Crippen LogP) is 2.20. The van der Waals surface area contributed by atoms with Gasteiger partial charge in [0.25, 0.3) is 0 Å². The summed E-state index contributed by atoms with van der Waals surface area (Å²) in [6.45, 7) is 3.09. The molecule has 2 unspecified atom stereocenters. The smallest absolute Gasteiger partial charge is 0.0800 e. The fraction of sp³-hybridized carbons (Fsp3) is 0.467. The highest BCUT2D eigenvalue weighted by Gasteiger charge is 2.32. The topological polar surface area (TPSA) is 42.7 Å². The maximum atomic E-state index is 4.60. The van der Waals surface area contributed by atoms with Gasteiger partial charge in [-0.25, -0.2) is 0 Å². The van der Waals surface area contributed by atoms with Crippen molar-refractivity contribution in [1.29, 1.82) is 0 Å². The van der Waals surface area contributed by atoms with Crippen LogP contribution in [0.3, 0.4) is 0 Å². The summed E-state index contributed by atoms with van der Waals surface area (Å²) < 4.78 is 1.87. The molecule has 0 aromatic carbocycles.